The van der Waals surface area contributed by atoms with E-state index >= 15 is 0 Å². The minimum absolute atomic E-state index is 0.0306. The number of pyridine rings is 1. The van der Waals surface area contributed by atoms with Gasteiger partial charge in [-0.1, -0.05) is 35.5 Å². The Labute approximate surface area is 170 Å². The van der Waals surface area contributed by atoms with Crippen LogP contribution in [0, 0.1) is 6.92 Å². The smallest absolute Gasteiger partial charge is 0.347 e. The lowest BCUT2D eigenvalue weighted by Crippen LogP contribution is -2.45. The van der Waals surface area contributed by atoms with Gasteiger partial charge in [0.2, 0.25) is 5.91 Å². The Morgan fingerprint density at radius 3 is 2.40 bits per heavy atom. The molecule has 30 heavy (non-hydrogen) atoms. The number of aryl methyl sites for hydroxylation is 1. The molecule has 2 aromatic heterocycles. The largest absolute Gasteiger partial charge is 0.406 e. The van der Waals surface area contributed by atoms with Crippen LogP contribution in [0.25, 0.3) is 22.4 Å². The van der Waals surface area contributed by atoms with Crippen LogP contribution in [0.4, 0.5) is 13.2 Å². The lowest BCUT2D eigenvalue weighted by atomic mass is 10.0. The van der Waals surface area contributed by atoms with Crippen LogP contribution in [0.15, 0.2) is 40.9 Å². The molecule has 3 aromatic rings. The summed E-state index contributed by atoms with van der Waals surface area (Å²) in [4.78, 5) is 31.2. The first-order valence-electron chi connectivity index (χ1n) is 8.95. The van der Waals surface area contributed by atoms with Crippen molar-refractivity contribution in [2.75, 3.05) is 27.2 Å². The fraction of sp³-hybridized carbons (Fsp3) is 0.300. The number of nitrogens with zero attached hydrogens (tertiary/aromatic N) is 4. The van der Waals surface area contributed by atoms with Gasteiger partial charge in [-0.25, -0.2) is 4.98 Å². The molecule has 0 saturated carbocycles. The predicted molar refractivity (Wildman–Crippen MR) is 103 cm³/mol. The quantitative estimate of drug-likeness (QED) is 0.633. The lowest BCUT2D eigenvalue weighted by molar-refractivity contribution is -0.146. The summed E-state index contributed by atoms with van der Waals surface area (Å²) in [6, 6.07) is 10.2. The van der Waals surface area contributed by atoms with Crippen molar-refractivity contribution in [3.8, 4) is 11.3 Å². The first-order valence-corrected chi connectivity index (χ1v) is 8.95. The van der Waals surface area contributed by atoms with Crippen molar-refractivity contribution in [1.29, 1.82) is 0 Å². The number of fused-ring (bicyclic) bond motifs is 1. The molecule has 0 N–H and O–H groups in total. The molecule has 0 aliphatic heterocycles. The maximum atomic E-state index is 13.2. The molecule has 3 rings (SSSR count). The number of hydrogen-bond acceptors (Lipinski definition) is 5. The highest BCUT2D eigenvalue weighted by atomic mass is 19.4. The Balaban J connectivity index is 2.12. The highest BCUT2D eigenvalue weighted by Crippen LogP contribution is 2.29. The third-order valence-electron chi connectivity index (χ3n) is 4.40. The molecular formula is C20H19F3N4O3. The van der Waals surface area contributed by atoms with E-state index in [0.717, 1.165) is 4.90 Å². The molecule has 0 aliphatic carbocycles. The summed E-state index contributed by atoms with van der Waals surface area (Å²) >= 11 is 0. The van der Waals surface area contributed by atoms with E-state index < -0.39 is 31.1 Å². The second kappa shape index (κ2) is 8.13. The second-order valence-electron chi connectivity index (χ2n) is 6.93. The Bertz CT molecular complexity index is 1080. The van der Waals surface area contributed by atoms with Gasteiger partial charge in [0.1, 0.15) is 13.1 Å². The summed E-state index contributed by atoms with van der Waals surface area (Å²) in [5.74, 6) is -1.60. The summed E-state index contributed by atoms with van der Waals surface area (Å²) in [5.41, 5.74) is 1.27. The van der Waals surface area contributed by atoms with Crippen LogP contribution in [-0.2, 0) is 4.79 Å². The minimum Gasteiger partial charge on any atom is -0.347 e. The normalized spacial score (nSPS) is 11.5. The number of amides is 2. The van der Waals surface area contributed by atoms with E-state index in [1.807, 2.05) is 0 Å². The highest BCUT2D eigenvalue weighted by Gasteiger charge is 2.35. The van der Waals surface area contributed by atoms with Crippen LogP contribution in [-0.4, -0.2) is 65.1 Å². The van der Waals surface area contributed by atoms with Crippen molar-refractivity contribution in [3.05, 3.63) is 47.7 Å². The molecule has 0 bridgehead atoms. The molecule has 0 atom stereocenters. The minimum atomic E-state index is -4.68. The molecule has 7 nitrogen and oxygen atoms in total. The Morgan fingerprint density at radius 1 is 1.13 bits per heavy atom. The Morgan fingerprint density at radius 2 is 1.80 bits per heavy atom. The van der Waals surface area contributed by atoms with Gasteiger partial charge in [-0.05, 0) is 13.0 Å². The van der Waals surface area contributed by atoms with E-state index in [1.165, 1.54) is 20.2 Å². The molecule has 2 heterocycles. The molecule has 0 aliphatic rings. The van der Waals surface area contributed by atoms with Gasteiger partial charge in [0.25, 0.3) is 11.6 Å². The first kappa shape index (κ1) is 21.3. The van der Waals surface area contributed by atoms with Crippen molar-refractivity contribution in [2.24, 2.45) is 0 Å². The number of likely N-dealkylation sites (N-methyl/N-ethyl adjacent to an activating group) is 1. The fourth-order valence-electron chi connectivity index (χ4n) is 2.91. The van der Waals surface area contributed by atoms with E-state index in [9.17, 15) is 22.8 Å². The van der Waals surface area contributed by atoms with Gasteiger partial charge >= 0.3 is 6.18 Å². The van der Waals surface area contributed by atoms with Crippen molar-refractivity contribution in [3.63, 3.8) is 0 Å². The molecule has 0 saturated heterocycles. The number of carbonyl (C=O) groups is 2. The molecule has 1 aromatic carbocycles. The highest BCUT2D eigenvalue weighted by molar-refractivity contribution is 6.07. The van der Waals surface area contributed by atoms with Crippen LogP contribution < -0.4 is 0 Å². The summed E-state index contributed by atoms with van der Waals surface area (Å²) in [6.45, 7) is -0.730. The molecule has 0 radical (unpaired) electrons. The number of rotatable bonds is 5. The van der Waals surface area contributed by atoms with E-state index in [1.54, 1.807) is 37.3 Å². The zero-order valence-corrected chi connectivity index (χ0v) is 16.5. The third-order valence-corrected chi connectivity index (χ3v) is 4.40. The second-order valence-corrected chi connectivity index (χ2v) is 6.93. The van der Waals surface area contributed by atoms with E-state index in [2.05, 4.69) is 10.1 Å². The van der Waals surface area contributed by atoms with Crippen molar-refractivity contribution in [2.45, 2.75) is 13.1 Å². The summed E-state index contributed by atoms with van der Waals surface area (Å²) in [7, 11) is 2.81. The zero-order valence-electron chi connectivity index (χ0n) is 16.5. The van der Waals surface area contributed by atoms with Gasteiger partial charge in [-0.15, -0.1) is 0 Å². The average Bonchev–Trinajstić information content (AvgIpc) is 3.06. The average molecular weight is 420 g/mol. The summed E-state index contributed by atoms with van der Waals surface area (Å²) < 4.78 is 44.6. The van der Waals surface area contributed by atoms with Gasteiger partial charge in [0.05, 0.1) is 22.3 Å². The number of alkyl halides is 3. The van der Waals surface area contributed by atoms with E-state index in [0.29, 0.717) is 21.9 Å². The Kier molecular flexibility index (Phi) is 5.77. The number of hydrogen-bond donors (Lipinski definition) is 0. The van der Waals surface area contributed by atoms with Crippen LogP contribution in [0.5, 0.6) is 0 Å². The maximum absolute atomic E-state index is 13.2. The van der Waals surface area contributed by atoms with Crippen LogP contribution in [0.1, 0.15) is 16.1 Å². The molecule has 10 heteroatoms. The number of carbonyl (C=O) groups excluding carboxylic acids is 2. The Hall–Kier alpha value is -3.43. The SMILES string of the molecule is Cc1noc2nc(-c3ccccc3)cc(C(=O)N(CC(=O)N(C)C)CC(F)(F)F)c12. The van der Waals surface area contributed by atoms with Gasteiger partial charge < -0.3 is 14.3 Å². The summed E-state index contributed by atoms with van der Waals surface area (Å²) in [5, 5.41) is 4.00. The van der Waals surface area contributed by atoms with E-state index in [4.69, 9.17) is 4.52 Å². The van der Waals surface area contributed by atoms with Crippen molar-refractivity contribution < 1.29 is 27.3 Å². The maximum Gasteiger partial charge on any atom is 0.406 e. The van der Waals surface area contributed by atoms with Gasteiger partial charge in [-0.3, -0.25) is 9.59 Å². The van der Waals surface area contributed by atoms with E-state index in [-0.39, 0.29) is 16.7 Å². The summed E-state index contributed by atoms with van der Waals surface area (Å²) in [6.07, 6.45) is -4.68. The number of benzene rings is 1. The van der Waals surface area contributed by atoms with Crippen LogP contribution >= 0.6 is 0 Å². The van der Waals surface area contributed by atoms with Crippen molar-refractivity contribution >= 4 is 22.9 Å². The molecule has 0 unspecified atom stereocenters. The van der Waals surface area contributed by atoms with Gasteiger partial charge in [0, 0.05) is 19.7 Å². The number of aromatic nitrogens is 2. The predicted octanol–water partition coefficient (Wildman–Crippen LogP) is 3.29. The number of halogens is 3. The monoisotopic (exact) mass is 420 g/mol. The molecule has 158 valence electrons. The molecule has 0 fully saturated rings. The molecular weight excluding hydrogens is 401 g/mol. The van der Waals surface area contributed by atoms with Crippen LogP contribution in [0.2, 0.25) is 0 Å². The van der Waals surface area contributed by atoms with Crippen LogP contribution in [0.3, 0.4) is 0 Å². The van der Waals surface area contributed by atoms with Gasteiger partial charge in [0.15, 0.2) is 0 Å². The van der Waals surface area contributed by atoms with Gasteiger partial charge in [-0.2, -0.15) is 13.2 Å². The first-order chi connectivity index (χ1) is 14.1. The topological polar surface area (TPSA) is 79.5 Å². The zero-order chi connectivity index (χ0) is 22.1. The molecule has 2 amide bonds. The standard InChI is InChI=1S/C20H19F3N4O3/c1-12-17-14(19(29)27(11-20(21,22)23)10-16(28)26(2)3)9-15(24-18(17)30-25-12)13-7-5-4-6-8-13/h4-9H,10-11H2,1-3H3. The lowest BCUT2D eigenvalue weighted by Gasteiger charge is -2.25. The fourth-order valence-corrected chi connectivity index (χ4v) is 2.91. The third kappa shape index (κ3) is 4.58. The molecule has 0 spiro atoms. The van der Waals surface area contributed by atoms with Crippen molar-refractivity contribution in [1.82, 2.24) is 19.9 Å².